The highest BCUT2D eigenvalue weighted by molar-refractivity contribution is 6.03. The van der Waals surface area contributed by atoms with Crippen LogP contribution in [0.2, 0.25) is 0 Å². The summed E-state index contributed by atoms with van der Waals surface area (Å²) in [7, 11) is 3.42. The van der Waals surface area contributed by atoms with E-state index in [2.05, 4.69) is 38.1 Å². The third-order valence-electron chi connectivity index (χ3n) is 7.67. The van der Waals surface area contributed by atoms with Crippen LogP contribution in [0, 0.1) is 0 Å². The van der Waals surface area contributed by atoms with E-state index in [-0.39, 0.29) is 0 Å². The summed E-state index contributed by atoms with van der Waals surface area (Å²) in [5.74, 6) is 1.74. The molecule has 0 saturated heterocycles. The molecule has 0 spiro atoms. The normalized spacial score (nSPS) is 12.1. The van der Waals surface area contributed by atoms with E-state index in [1.165, 1.54) is 89.9 Å². The summed E-state index contributed by atoms with van der Waals surface area (Å²) in [6.07, 6.45) is 22.8. The number of hydrogen-bond acceptors (Lipinski definition) is 4. The first-order valence-corrected chi connectivity index (χ1v) is 16.1. The third kappa shape index (κ3) is 14.1. The molecule has 2 aromatic rings. The average Bonchev–Trinajstić information content (AvgIpc) is 3.00. The Labute approximate surface area is 245 Å². The lowest BCUT2D eigenvalue weighted by atomic mass is 10.0. The highest BCUT2D eigenvalue weighted by Gasteiger charge is 2.08. The number of rotatable bonds is 23. The molecule has 0 unspecified atom stereocenters. The number of hydrogen-bond donors (Lipinski definition) is 0. The quantitative estimate of drug-likeness (QED) is 0.0787. The molecule has 4 heteroatoms. The molecule has 0 radical (unpaired) electrons. The van der Waals surface area contributed by atoms with Gasteiger partial charge in [0.1, 0.15) is 11.5 Å². The highest BCUT2D eigenvalue weighted by Crippen LogP contribution is 2.19. The number of ether oxygens (including phenoxy) is 2. The van der Waals surface area contributed by atoms with Crippen LogP contribution in [0.4, 0.5) is 0 Å². The van der Waals surface area contributed by atoms with Crippen molar-refractivity contribution in [3.8, 4) is 11.5 Å². The van der Waals surface area contributed by atoms with Gasteiger partial charge in [0.15, 0.2) is 0 Å². The molecule has 2 aromatic carbocycles. The fourth-order valence-corrected chi connectivity index (χ4v) is 5.04. The maximum Gasteiger partial charge on any atom is 0.118 e. The van der Waals surface area contributed by atoms with Crippen LogP contribution < -0.4 is 9.47 Å². The molecule has 0 aliphatic rings. The molecule has 0 bridgehead atoms. The summed E-state index contributed by atoms with van der Waals surface area (Å²) in [6.45, 7) is 4.55. The lowest BCUT2D eigenvalue weighted by molar-refractivity contribution is 0.414. The van der Waals surface area contributed by atoms with Crippen molar-refractivity contribution in [2.45, 2.75) is 129 Å². The Morgan fingerprint density at radius 1 is 0.450 bits per heavy atom. The second-order valence-corrected chi connectivity index (χ2v) is 11.0. The zero-order chi connectivity index (χ0) is 28.7. The van der Waals surface area contributed by atoms with Gasteiger partial charge >= 0.3 is 0 Å². The Kier molecular flexibility index (Phi) is 18.6. The second kappa shape index (κ2) is 22.1. The third-order valence-corrected chi connectivity index (χ3v) is 7.67. The van der Waals surface area contributed by atoms with Crippen LogP contribution >= 0.6 is 0 Å². The number of methoxy groups -OCH3 is 2. The topological polar surface area (TPSA) is 43.2 Å². The maximum atomic E-state index is 5.39. The number of benzene rings is 2. The van der Waals surface area contributed by atoms with Crippen molar-refractivity contribution in [2.24, 2.45) is 10.2 Å². The van der Waals surface area contributed by atoms with Gasteiger partial charge in [0.25, 0.3) is 0 Å². The van der Waals surface area contributed by atoms with Crippen molar-refractivity contribution in [3.05, 3.63) is 59.7 Å². The van der Waals surface area contributed by atoms with Gasteiger partial charge < -0.3 is 9.47 Å². The summed E-state index contributed by atoms with van der Waals surface area (Å²) < 4.78 is 10.8. The molecule has 0 heterocycles. The van der Waals surface area contributed by atoms with Gasteiger partial charge in [0.05, 0.1) is 25.6 Å². The fraction of sp³-hybridized carbons (Fsp3) is 0.611. The smallest absolute Gasteiger partial charge is 0.118 e. The molecule has 0 aliphatic carbocycles. The van der Waals surface area contributed by atoms with Crippen molar-refractivity contribution >= 4 is 11.4 Å². The Balaban J connectivity index is 2.11. The molecule has 0 N–H and O–H groups in total. The minimum absolute atomic E-state index is 0.868. The second-order valence-electron chi connectivity index (χ2n) is 11.0. The van der Waals surface area contributed by atoms with Gasteiger partial charge in [-0.15, -0.1) is 0 Å². The van der Waals surface area contributed by atoms with E-state index in [1.54, 1.807) is 14.2 Å². The highest BCUT2D eigenvalue weighted by atomic mass is 16.5. The van der Waals surface area contributed by atoms with Gasteiger partial charge in [-0.3, -0.25) is 0 Å². The van der Waals surface area contributed by atoms with Crippen LogP contribution in [0.15, 0.2) is 58.7 Å². The van der Waals surface area contributed by atoms with Crippen molar-refractivity contribution < 1.29 is 9.47 Å². The number of unbranched alkanes of at least 4 members (excludes halogenated alkanes) is 14. The largest absolute Gasteiger partial charge is 0.497 e. The predicted molar refractivity (Wildman–Crippen MR) is 174 cm³/mol. The van der Waals surface area contributed by atoms with Crippen molar-refractivity contribution in [3.63, 3.8) is 0 Å². The van der Waals surface area contributed by atoms with Crippen LogP contribution in [-0.4, -0.2) is 25.6 Å². The average molecular weight is 549 g/mol. The van der Waals surface area contributed by atoms with Crippen LogP contribution in [-0.2, 0) is 0 Å². The molecular weight excluding hydrogens is 492 g/mol. The molecule has 40 heavy (non-hydrogen) atoms. The minimum atomic E-state index is 0.868. The van der Waals surface area contributed by atoms with Gasteiger partial charge in [0, 0.05) is 0 Å². The monoisotopic (exact) mass is 548 g/mol. The van der Waals surface area contributed by atoms with E-state index in [9.17, 15) is 0 Å². The molecule has 0 aromatic heterocycles. The standard InChI is InChI=1S/C36H56N2O2/c1-5-7-9-11-13-15-17-19-21-35(31-23-27-33(39-3)28-24-31)37-38-36(32-25-29-34(40-4)30-26-32)22-20-18-16-14-12-10-8-6-2/h23-30H,5-22H2,1-4H3/b37-35+,38-36+. The lowest BCUT2D eigenvalue weighted by Crippen LogP contribution is -2.04. The van der Waals surface area contributed by atoms with E-state index in [4.69, 9.17) is 19.7 Å². The zero-order valence-corrected chi connectivity index (χ0v) is 26.1. The summed E-state index contributed by atoms with van der Waals surface area (Å²) in [5.41, 5.74) is 4.40. The van der Waals surface area contributed by atoms with Crippen molar-refractivity contribution in [2.75, 3.05) is 14.2 Å². The SMILES string of the molecule is CCCCCCCCCC/C(=N\N=C(/CCCCCCCCCC)c1ccc(OC)cc1)c1ccc(OC)cc1. The van der Waals surface area contributed by atoms with Crippen LogP contribution in [0.3, 0.4) is 0 Å². The van der Waals surface area contributed by atoms with E-state index in [1.807, 2.05) is 24.3 Å². The van der Waals surface area contributed by atoms with Gasteiger partial charge in [0.2, 0.25) is 0 Å². The Morgan fingerprint density at radius 2 is 0.750 bits per heavy atom. The first-order chi connectivity index (χ1) is 19.7. The summed E-state index contributed by atoms with van der Waals surface area (Å²) in [5, 5.41) is 9.82. The van der Waals surface area contributed by atoms with Crippen molar-refractivity contribution in [1.29, 1.82) is 0 Å². The molecular formula is C36H56N2O2. The van der Waals surface area contributed by atoms with Gasteiger partial charge in [-0.1, -0.05) is 104 Å². The zero-order valence-electron chi connectivity index (χ0n) is 26.1. The van der Waals surface area contributed by atoms with Gasteiger partial charge in [-0.2, -0.15) is 10.2 Å². The van der Waals surface area contributed by atoms with E-state index in [0.717, 1.165) is 59.7 Å². The van der Waals surface area contributed by atoms with Crippen LogP contribution in [0.1, 0.15) is 141 Å². The first kappa shape index (κ1) is 33.6. The Hall–Kier alpha value is -2.62. The first-order valence-electron chi connectivity index (χ1n) is 16.1. The summed E-state index contributed by atoms with van der Waals surface area (Å²) in [4.78, 5) is 0. The van der Waals surface area contributed by atoms with E-state index in [0.29, 0.717) is 0 Å². The molecule has 0 fully saturated rings. The van der Waals surface area contributed by atoms with Crippen molar-refractivity contribution in [1.82, 2.24) is 0 Å². The minimum Gasteiger partial charge on any atom is -0.497 e. The van der Waals surface area contributed by atoms with Gasteiger partial charge in [-0.05, 0) is 85.3 Å². The number of nitrogens with zero attached hydrogens (tertiary/aromatic N) is 2. The Morgan fingerprint density at radius 3 is 1.05 bits per heavy atom. The fourth-order valence-electron chi connectivity index (χ4n) is 5.04. The molecule has 222 valence electrons. The molecule has 0 atom stereocenters. The predicted octanol–water partition coefficient (Wildman–Crippen LogP) is 11.0. The maximum absolute atomic E-state index is 5.39. The van der Waals surface area contributed by atoms with E-state index >= 15 is 0 Å². The van der Waals surface area contributed by atoms with Crippen LogP contribution in [0.25, 0.3) is 0 Å². The summed E-state index contributed by atoms with van der Waals surface area (Å²) in [6, 6.07) is 16.5. The molecule has 2 rings (SSSR count). The molecule has 0 amide bonds. The van der Waals surface area contributed by atoms with Gasteiger partial charge in [-0.25, -0.2) is 0 Å². The molecule has 0 aliphatic heterocycles. The van der Waals surface area contributed by atoms with Crippen LogP contribution in [0.5, 0.6) is 11.5 Å². The summed E-state index contributed by atoms with van der Waals surface area (Å²) >= 11 is 0. The Bertz CT molecular complexity index is 868. The lowest BCUT2D eigenvalue weighted by Gasteiger charge is -2.10. The van der Waals surface area contributed by atoms with E-state index < -0.39 is 0 Å². The molecule has 4 nitrogen and oxygen atoms in total. The molecule has 0 saturated carbocycles.